The maximum absolute atomic E-state index is 5.12. The molecule has 6 nitrogen and oxygen atoms in total. The number of ether oxygens (including phenoxy) is 1. The van der Waals surface area contributed by atoms with Crippen LogP contribution in [0, 0.1) is 5.92 Å². The molecule has 1 saturated heterocycles. The first-order valence-corrected chi connectivity index (χ1v) is 8.04. The van der Waals surface area contributed by atoms with Crippen LogP contribution in [0.2, 0.25) is 0 Å². The number of methoxy groups -OCH3 is 1. The van der Waals surface area contributed by atoms with Gasteiger partial charge in [0.1, 0.15) is 12.2 Å². The summed E-state index contributed by atoms with van der Waals surface area (Å²) in [6, 6.07) is 0.869. The average Bonchev–Trinajstić information content (AvgIpc) is 3.19. The van der Waals surface area contributed by atoms with Crippen LogP contribution in [0.3, 0.4) is 0 Å². The molecule has 0 N–H and O–H groups in total. The second-order valence-electron chi connectivity index (χ2n) is 6.50. The van der Waals surface area contributed by atoms with Crippen LogP contribution in [0.25, 0.3) is 0 Å². The van der Waals surface area contributed by atoms with Gasteiger partial charge in [-0.05, 0) is 32.2 Å². The van der Waals surface area contributed by atoms with Crippen molar-refractivity contribution in [1.82, 2.24) is 24.6 Å². The standard InChI is InChI=1S/C15H27N5O/c1-18(5-6-19-10-13-3-4-14(19)9-13)11-15-17-16-12-20(15)7-8-21-2/h12-14H,3-11H2,1-2H3/t13-,14+/m0/s1. The lowest BCUT2D eigenvalue weighted by atomic mass is 10.1. The first-order chi connectivity index (χ1) is 10.3. The van der Waals surface area contributed by atoms with Crippen molar-refractivity contribution in [3.05, 3.63) is 12.2 Å². The van der Waals surface area contributed by atoms with Gasteiger partial charge in [0.25, 0.3) is 0 Å². The number of hydrogen-bond donors (Lipinski definition) is 0. The molecule has 21 heavy (non-hydrogen) atoms. The maximum atomic E-state index is 5.12. The number of nitrogens with zero attached hydrogens (tertiary/aromatic N) is 5. The quantitative estimate of drug-likeness (QED) is 0.711. The van der Waals surface area contributed by atoms with Crippen molar-refractivity contribution in [1.29, 1.82) is 0 Å². The van der Waals surface area contributed by atoms with Gasteiger partial charge in [-0.2, -0.15) is 0 Å². The Bertz CT molecular complexity index is 449. The number of hydrogen-bond acceptors (Lipinski definition) is 5. The highest BCUT2D eigenvalue weighted by atomic mass is 16.5. The van der Waals surface area contributed by atoms with Gasteiger partial charge in [0.15, 0.2) is 0 Å². The zero-order chi connectivity index (χ0) is 14.7. The van der Waals surface area contributed by atoms with Crippen molar-refractivity contribution in [2.45, 2.75) is 38.4 Å². The van der Waals surface area contributed by atoms with E-state index in [0.29, 0.717) is 6.61 Å². The lowest BCUT2D eigenvalue weighted by Gasteiger charge is -2.28. The first kappa shape index (κ1) is 14.9. The first-order valence-electron chi connectivity index (χ1n) is 8.04. The van der Waals surface area contributed by atoms with Crippen molar-refractivity contribution in [2.75, 3.05) is 40.4 Å². The third-order valence-corrected chi connectivity index (χ3v) is 4.93. The SMILES string of the molecule is COCCn1cnnc1CN(C)CCN1C[C@H]2CC[C@@H]1C2. The van der Waals surface area contributed by atoms with Gasteiger partial charge in [0, 0.05) is 39.3 Å². The molecular weight excluding hydrogens is 266 g/mol. The van der Waals surface area contributed by atoms with Crippen molar-refractivity contribution >= 4 is 0 Å². The summed E-state index contributed by atoms with van der Waals surface area (Å²) >= 11 is 0. The molecule has 0 spiro atoms. The number of likely N-dealkylation sites (tertiary alicyclic amines) is 1. The molecule has 3 rings (SSSR count). The highest BCUT2D eigenvalue weighted by Gasteiger charge is 2.37. The summed E-state index contributed by atoms with van der Waals surface area (Å²) in [4.78, 5) is 5.03. The summed E-state index contributed by atoms with van der Waals surface area (Å²) in [6.07, 6.45) is 6.11. The Morgan fingerprint density at radius 3 is 3.00 bits per heavy atom. The third-order valence-electron chi connectivity index (χ3n) is 4.93. The highest BCUT2D eigenvalue weighted by Crippen LogP contribution is 2.36. The van der Waals surface area contributed by atoms with Crippen LogP contribution >= 0.6 is 0 Å². The van der Waals surface area contributed by atoms with E-state index in [1.54, 1.807) is 13.4 Å². The lowest BCUT2D eigenvalue weighted by Crippen LogP contribution is -2.38. The van der Waals surface area contributed by atoms with Crippen LogP contribution in [0.4, 0.5) is 0 Å². The summed E-state index contributed by atoms with van der Waals surface area (Å²) in [5.74, 6) is 2.01. The molecule has 0 unspecified atom stereocenters. The Morgan fingerprint density at radius 2 is 2.29 bits per heavy atom. The molecule has 6 heteroatoms. The largest absolute Gasteiger partial charge is 0.383 e. The van der Waals surface area contributed by atoms with Gasteiger partial charge in [-0.1, -0.05) is 0 Å². The van der Waals surface area contributed by atoms with Crippen molar-refractivity contribution in [3.8, 4) is 0 Å². The van der Waals surface area contributed by atoms with Crippen molar-refractivity contribution in [2.24, 2.45) is 5.92 Å². The van der Waals surface area contributed by atoms with Crippen molar-refractivity contribution < 1.29 is 4.74 Å². The lowest BCUT2D eigenvalue weighted by molar-refractivity contribution is 0.175. The van der Waals surface area contributed by atoms with Crippen LogP contribution in [0.15, 0.2) is 6.33 Å². The van der Waals surface area contributed by atoms with Gasteiger partial charge < -0.3 is 9.30 Å². The van der Waals surface area contributed by atoms with E-state index >= 15 is 0 Å². The normalized spacial score (nSPS) is 25.3. The smallest absolute Gasteiger partial charge is 0.147 e. The summed E-state index contributed by atoms with van der Waals surface area (Å²) in [6.45, 7) is 5.98. The molecule has 118 valence electrons. The predicted octanol–water partition coefficient (Wildman–Crippen LogP) is 0.841. The van der Waals surface area contributed by atoms with Crippen LogP contribution in [0.1, 0.15) is 25.1 Å². The van der Waals surface area contributed by atoms with Crippen LogP contribution in [0.5, 0.6) is 0 Å². The highest BCUT2D eigenvalue weighted by molar-refractivity contribution is 4.92. The Kier molecular flexibility index (Phi) is 4.87. The Morgan fingerprint density at radius 1 is 1.38 bits per heavy atom. The summed E-state index contributed by atoms with van der Waals surface area (Å²) in [5.41, 5.74) is 0. The predicted molar refractivity (Wildman–Crippen MR) is 80.9 cm³/mol. The number of likely N-dealkylation sites (N-methyl/N-ethyl adjacent to an activating group) is 1. The Labute approximate surface area is 127 Å². The summed E-state index contributed by atoms with van der Waals surface area (Å²) in [7, 11) is 3.89. The molecule has 2 fully saturated rings. The average molecular weight is 293 g/mol. The molecule has 0 amide bonds. The van der Waals surface area contributed by atoms with Crippen LogP contribution in [-0.4, -0.2) is 71.0 Å². The number of piperidine rings is 1. The maximum Gasteiger partial charge on any atom is 0.147 e. The molecule has 2 bridgehead atoms. The topological polar surface area (TPSA) is 46.4 Å². The van der Waals surface area contributed by atoms with Crippen LogP contribution < -0.4 is 0 Å². The zero-order valence-electron chi connectivity index (χ0n) is 13.2. The number of rotatable bonds is 8. The van der Waals surface area contributed by atoms with E-state index in [4.69, 9.17) is 4.74 Å². The van der Waals surface area contributed by atoms with Gasteiger partial charge in [-0.15, -0.1) is 10.2 Å². The Hall–Kier alpha value is -0.980. The van der Waals surface area contributed by atoms with E-state index in [2.05, 4.69) is 31.6 Å². The van der Waals surface area contributed by atoms with Gasteiger partial charge in [0.2, 0.25) is 0 Å². The summed E-state index contributed by atoms with van der Waals surface area (Å²) < 4.78 is 7.20. The van der Waals surface area contributed by atoms with Crippen molar-refractivity contribution in [3.63, 3.8) is 0 Å². The van der Waals surface area contributed by atoms with E-state index in [-0.39, 0.29) is 0 Å². The van der Waals surface area contributed by atoms with E-state index < -0.39 is 0 Å². The minimum Gasteiger partial charge on any atom is -0.383 e. The molecule has 1 aliphatic carbocycles. The fourth-order valence-electron chi connectivity index (χ4n) is 3.70. The van der Waals surface area contributed by atoms with Gasteiger partial charge in [0.05, 0.1) is 13.2 Å². The van der Waals surface area contributed by atoms with Gasteiger partial charge >= 0.3 is 0 Å². The molecule has 1 aliphatic heterocycles. The molecule has 0 aromatic carbocycles. The third kappa shape index (κ3) is 3.62. The second kappa shape index (κ2) is 6.85. The monoisotopic (exact) mass is 293 g/mol. The van der Waals surface area contributed by atoms with E-state index in [9.17, 15) is 0 Å². The van der Waals surface area contributed by atoms with Gasteiger partial charge in [-0.3, -0.25) is 9.80 Å². The second-order valence-corrected chi connectivity index (χ2v) is 6.50. The molecular formula is C15H27N5O. The molecule has 1 saturated carbocycles. The number of aromatic nitrogens is 3. The van der Waals surface area contributed by atoms with E-state index in [1.807, 2.05) is 0 Å². The molecule has 1 aromatic rings. The fourth-order valence-corrected chi connectivity index (χ4v) is 3.70. The van der Waals surface area contributed by atoms with E-state index in [0.717, 1.165) is 37.4 Å². The molecule has 2 aliphatic rings. The minimum atomic E-state index is 0.700. The summed E-state index contributed by atoms with van der Waals surface area (Å²) in [5, 5.41) is 8.25. The molecule has 0 radical (unpaired) electrons. The van der Waals surface area contributed by atoms with Crippen LogP contribution in [-0.2, 0) is 17.8 Å². The zero-order valence-corrected chi connectivity index (χ0v) is 13.2. The van der Waals surface area contributed by atoms with E-state index in [1.165, 1.54) is 32.4 Å². The minimum absolute atomic E-state index is 0.700. The number of fused-ring (bicyclic) bond motifs is 2. The fraction of sp³-hybridized carbons (Fsp3) is 0.867. The Balaban J connectivity index is 1.43. The molecule has 2 atom stereocenters. The van der Waals surface area contributed by atoms with Gasteiger partial charge in [-0.25, -0.2) is 0 Å². The molecule has 1 aromatic heterocycles. The molecule has 2 heterocycles.